The summed E-state index contributed by atoms with van der Waals surface area (Å²) >= 11 is 0. The van der Waals surface area contributed by atoms with Crippen LogP contribution in [0.3, 0.4) is 0 Å². The number of aliphatic hydroxyl groups is 1. The lowest BCUT2D eigenvalue weighted by atomic mass is 9.98. The van der Waals surface area contributed by atoms with E-state index in [9.17, 15) is 9.90 Å². The molecule has 0 saturated heterocycles. The second-order valence-corrected chi connectivity index (χ2v) is 6.57. The first kappa shape index (κ1) is 19.6. The van der Waals surface area contributed by atoms with Crippen LogP contribution in [-0.4, -0.2) is 16.2 Å². The summed E-state index contributed by atoms with van der Waals surface area (Å²) in [6, 6.07) is 20.9. The molecule has 0 aliphatic carbocycles. The zero-order valence-electron chi connectivity index (χ0n) is 15.5. The Morgan fingerprint density at radius 3 is 2.39 bits per heavy atom. The van der Waals surface area contributed by atoms with Gasteiger partial charge in [-0.05, 0) is 52.1 Å². The fourth-order valence-electron chi connectivity index (χ4n) is 3.10. The van der Waals surface area contributed by atoms with Crippen molar-refractivity contribution in [3.8, 4) is 16.9 Å². The first-order chi connectivity index (χ1) is 13.6. The van der Waals surface area contributed by atoms with E-state index in [-0.39, 0.29) is 19.6 Å². The van der Waals surface area contributed by atoms with Crippen LogP contribution >= 0.6 is 0 Å². The number of hydrogen-bond donors (Lipinski definition) is 3. The molecule has 28 heavy (non-hydrogen) atoms. The first-order valence-electron chi connectivity index (χ1n) is 9.04. The highest BCUT2D eigenvalue weighted by Gasteiger charge is 2.09. The topological polar surface area (TPSA) is 92.8 Å². The Hall–Kier alpha value is -3.15. The summed E-state index contributed by atoms with van der Waals surface area (Å²) in [4.78, 5) is 11.0. The van der Waals surface area contributed by atoms with E-state index in [0.717, 1.165) is 27.8 Å². The molecular formula is C23H23NO4. The summed E-state index contributed by atoms with van der Waals surface area (Å²) in [5.74, 6) is -0.355. The molecule has 0 spiro atoms. The minimum atomic E-state index is -0.902. The summed E-state index contributed by atoms with van der Waals surface area (Å²) in [6.07, 6.45) is -0.0933. The van der Waals surface area contributed by atoms with Crippen LogP contribution in [-0.2, 0) is 31.0 Å². The maximum atomic E-state index is 11.0. The van der Waals surface area contributed by atoms with Crippen LogP contribution in [0.4, 0.5) is 0 Å². The van der Waals surface area contributed by atoms with Crippen LogP contribution in [0.5, 0.6) is 5.75 Å². The maximum absolute atomic E-state index is 11.0. The molecule has 0 bridgehead atoms. The second kappa shape index (κ2) is 9.17. The Morgan fingerprint density at radius 1 is 0.893 bits per heavy atom. The monoisotopic (exact) mass is 377 g/mol. The highest BCUT2D eigenvalue weighted by molar-refractivity contribution is 5.71. The number of benzene rings is 3. The van der Waals surface area contributed by atoms with E-state index in [0.29, 0.717) is 17.9 Å². The van der Waals surface area contributed by atoms with Gasteiger partial charge in [-0.3, -0.25) is 4.79 Å². The normalized spacial score (nSPS) is 10.6. The van der Waals surface area contributed by atoms with E-state index < -0.39 is 5.97 Å². The Morgan fingerprint density at radius 2 is 1.64 bits per heavy atom. The fourth-order valence-corrected chi connectivity index (χ4v) is 3.10. The van der Waals surface area contributed by atoms with Crippen LogP contribution in [0.25, 0.3) is 11.1 Å². The number of nitrogens with two attached hydrogens (primary N) is 1. The van der Waals surface area contributed by atoms with E-state index in [4.69, 9.17) is 15.6 Å². The Balaban J connectivity index is 1.86. The van der Waals surface area contributed by atoms with Crippen molar-refractivity contribution in [3.63, 3.8) is 0 Å². The Bertz CT molecular complexity index is 968. The molecule has 0 aliphatic heterocycles. The number of carbonyl (C=O) groups is 1. The quantitative estimate of drug-likeness (QED) is 0.559. The number of carboxylic acid groups (broad SMARTS) is 1. The molecule has 4 N–H and O–H groups in total. The molecule has 0 atom stereocenters. The minimum Gasteiger partial charge on any atom is -0.489 e. The minimum absolute atomic E-state index is 0.0764. The molecule has 0 heterocycles. The number of hydrogen-bond acceptors (Lipinski definition) is 4. The molecule has 0 unspecified atom stereocenters. The van der Waals surface area contributed by atoms with Crippen molar-refractivity contribution in [3.05, 3.63) is 89.0 Å². The highest BCUT2D eigenvalue weighted by atomic mass is 16.5. The SMILES string of the molecule is NCc1cccc(-c2cc(CO)cc(COc3ccccc3CC(=O)O)c2)c1. The van der Waals surface area contributed by atoms with Crippen LogP contribution in [0.15, 0.2) is 66.7 Å². The van der Waals surface area contributed by atoms with Gasteiger partial charge in [0.2, 0.25) is 0 Å². The van der Waals surface area contributed by atoms with Crippen LogP contribution in [0.1, 0.15) is 22.3 Å². The number of ether oxygens (including phenoxy) is 1. The first-order valence-corrected chi connectivity index (χ1v) is 9.04. The molecular weight excluding hydrogens is 354 g/mol. The summed E-state index contributed by atoms with van der Waals surface area (Å²) < 4.78 is 5.89. The zero-order valence-corrected chi connectivity index (χ0v) is 15.5. The predicted molar refractivity (Wildman–Crippen MR) is 108 cm³/mol. The number of aliphatic carboxylic acids is 1. The lowest BCUT2D eigenvalue weighted by Gasteiger charge is -2.13. The molecule has 0 amide bonds. The van der Waals surface area contributed by atoms with Crippen LogP contribution in [0.2, 0.25) is 0 Å². The van der Waals surface area contributed by atoms with Crippen molar-refractivity contribution in [1.29, 1.82) is 0 Å². The predicted octanol–water partition coefficient (Wildman–Crippen LogP) is 3.51. The molecule has 0 aromatic heterocycles. The average Bonchev–Trinajstić information content (AvgIpc) is 2.72. The summed E-state index contributed by atoms with van der Waals surface area (Å²) in [7, 11) is 0. The molecule has 144 valence electrons. The number of para-hydroxylation sites is 1. The third-order valence-electron chi connectivity index (χ3n) is 4.44. The molecule has 5 nitrogen and oxygen atoms in total. The molecule has 0 fully saturated rings. The Kier molecular flexibility index (Phi) is 6.42. The van der Waals surface area contributed by atoms with E-state index in [1.54, 1.807) is 18.2 Å². The average molecular weight is 377 g/mol. The standard InChI is InChI=1S/C23H23NO4/c24-13-16-4-3-6-19(9-16)21-10-17(14-25)8-18(11-21)15-28-22-7-2-1-5-20(22)12-23(26)27/h1-11,25H,12-15,24H2,(H,26,27). The van der Waals surface area contributed by atoms with E-state index in [1.165, 1.54) is 0 Å². The molecule has 3 aromatic rings. The summed E-state index contributed by atoms with van der Waals surface area (Å²) in [5.41, 5.74) is 11.1. The third kappa shape index (κ3) is 4.97. The van der Waals surface area contributed by atoms with Gasteiger partial charge in [0.1, 0.15) is 12.4 Å². The maximum Gasteiger partial charge on any atom is 0.307 e. The highest BCUT2D eigenvalue weighted by Crippen LogP contribution is 2.25. The summed E-state index contributed by atoms with van der Waals surface area (Å²) in [6.45, 7) is 0.658. The molecule has 0 aliphatic rings. The van der Waals surface area contributed by atoms with E-state index in [1.807, 2.05) is 48.5 Å². The van der Waals surface area contributed by atoms with Gasteiger partial charge in [-0.1, -0.05) is 42.5 Å². The Labute approximate surface area is 164 Å². The third-order valence-corrected chi connectivity index (χ3v) is 4.44. The fraction of sp³-hybridized carbons (Fsp3) is 0.174. The van der Waals surface area contributed by atoms with Gasteiger partial charge >= 0.3 is 5.97 Å². The van der Waals surface area contributed by atoms with Gasteiger partial charge in [0.15, 0.2) is 0 Å². The van der Waals surface area contributed by atoms with Crippen LogP contribution in [0, 0.1) is 0 Å². The van der Waals surface area contributed by atoms with E-state index >= 15 is 0 Å². The van der Waals surface area contributed by atoms with Gasteiger partial charge < -0.3 is 20.7 Å². The molecule has 5 heteroatoms. The van der Waals surface area contributed by atoms with Gasteiger partial charge in [-0.25, -0.2) is 0 Å². The molecule has 0 radical (unpaired) electrons. The van der Waals surface area contributed by atoms with Crippen LogP contribution < -0.4 is 10.5 Å². The number of rotatable bonds is 8. The van der Waals surface area contributed by atoms with Crippen molar-refractivity contribution in [2.75, 3.05) is 0 Å². The smallest absolute Gasteiger partial charge is 0.307 e. The number of aliphatic hydroxyl groups excluding tert-OH is 1. The van der Waals surface area contributed by atoms with Gasteiger partial charge in [-0.15, -0.1) is 0 Å². The van der Waals surface area contributed by atoms with Gasteiger partial charge in [0.25, 0.3) is 0 Å². The van der Waals surface area contributed by atoms with Gasteiger partial charge in [0, 0.05) is 12.1 Å². The molecule has 3 rings (SSSR count). The van der Waals surface area contributed by atoms with Gasteiger partial charge in [0.05, 0.1) is 13.0 Å². The lowest BCUT2D eigenvalue weighted by Crippen LogP contribution is -2.04. The molecule has 0 saturated carbocycles. The zero-order chi connectivity index (χ0) is 19.9. The second-order valence-electron chi connectivity index (χ2n) is 6.57. The lowest BCUT2D eigenvalue weighted by molar-refractivity contribution is -0.136. The van der Waals surface area contributed by atoms with Crippen molar-refractivity contribution in [2.45, 2.75) is 26.2 Å². The van der Waals surface area contributed by atoms with E-state index in [2.05, 4.69) is 0 Å². The number of carboxylic acids is 1. The van der Waals surface area contributed by atoms with Crippen molar-refractivity contribution in [2.24, 2.45) is 5.73 Å². The van der Waals surface area contributed by atoms with Crippen molar-refractivity contribution < 1.29 is 19.7 Å². The largest absolute Gasteiger partial charge is 0.489 e. The molecule has 3 aromatic carbocycles. The van der Waals surface area contributed by atoms with Crippen molar-refractivity contribution >= 4 is 5.97 Å². The van der Waals surface area contributed by atoms with Gasteiger partial charge in [-0.2, -0.15) is 0 Å². The van der Waals surface area contributed by atoms with Crippen molar-refractivity contribution in [1.82, 2.24) is 0 Å². The summed E-state index contributed by atoms with van der Waals surface area (Å²) in [5, 5.41) is 18.7.